The molecule has 0 amide bonds. The highest BCUT2D eigenvalue weighted by molar-refractivity contribution is 5.93. The van der Waals surface area contributed by atoms with Gasteiger partial charge in [-0.2, -0.15) is 0 Å². The highest BCUT2D eigenvalue weighted by atomic mass is 16.4. The second-order valence-corrected chi connectivity index (χ2v) is 6.34. The maximum Gasteiger partial charge on any atom is 0.354 e. The molecule has 1 aliphatic carbocycles. The van der Waals surface area contributed by atoms with Gasteiger partial charge in [-0.25, -0.2) is 14.8 Å². The van der Waals surface area contributed by atoms with Crippen LogP contribution in [0.4, 0.5) is 0 Å². The van der Waals surface area contributed by atoms with E-state index in [1.165, 1.54) is 12.3 Å². The summed E-state index contributed by atoms with van der Waals surface area (Å²) < 4.78 is 0. The number of fused-ring (bicyclic) bond motifs is 4. The third-order valence-corrected chi connectivity index (χ3v) is 4.86. The van der Waals surface area contributed by atoms with E-state index in [0.29, 0.717) is 16.9 Å². The van der Waals surface area contributed by atoms with Crippen molar-refractivity contribution in [3.63, 3.8) is 0 Å². The monoisotopic (exact) mass is 356 g/mol. The number of aromatic nitrogens is 3. The molecule has 0 aliphatic heterocycles. The number of carboxylic acid groups (broad SMARTS) is 1. The number of aromatic amines is 1. The Labute approximate surface area is 152 Å². The van der Waals surface area contributed by atoms with Crippen molar-refractivity contribution in [2.24, 2.45) is 5.18 Å². The average Bonchev–Trinajstić information content (AvgIpc) is 3.25. The van der Waals surface area contributed by atoms with Gasteiger partial charge in [-0.05, 0) is 28.3 Å². The first-order valence-electron chi connectivity index (χ1n) is 8.31. The lowest BCUT2D eigenvalue weighted by molar-refractivity contribution is 0.0690. The van der Waals surface area contributed by atoms with E-state index >= 15 is 0 Å². The Morgan fingerprint density at radius 3 is 2.67 bits per heavy atom. The third-order valence-electron chi connectivity index (χ3n) is 4.86. The summed E-state index contributed by atoms with van der Waals surface area (Å²) in [6, 6.07) is 14.3. The molecule has 7 nitrogen and oxygen atoms in total. The zero-order valence-corrected chi connectivity index (χ0v) is 13.9. The Kier molecular flexibility index (Phi) is 3.17. The van der Waals surface area contributed by atoms with Crippen LogP contribution in [0.2, 0.25) is 0 Å². The Hall–Kier alpha value is -3.87. The molecule has 1 atom stereocenters. The van der Waals surface area contributed by atoms with Gasteiger partial charge in [0.15, 0.2) is 0 Å². The Morgan fingerprint density at radius 2 is 1.85 bits per heavy atom. The third kappa shape index (κ3) is 2.18. The minimum absolute atomic E-state index is 0.0607. The lowest BCUT2D eigenvalue weighted by Gasteiger charge is -2.07. The summed E-state index contributed by atoms with van der Waals surface area (Å²) in [5, 5.41) is 12.4. The predicted molar refractivity (Wildman–Crippen MR) is 99.4 cm³/mol. The maximum absolute atomic E-state index is 11.5. The van der Waals surface area contributed by atoms with E-state index in [0.717, 1.165) is 27.8 Å². The fourth-order valence-electron chi connectivity index (χ4n) is 3.69. The summed E-state index contributed by atoms with van der Waals surface area (Å²) in [5.74, 6) is -0.511. The molecule has 2 heterocycles. The van der Waals surface area contributed by atoms with Gasteiger partial charge < -0.3 is 10.1 Å². The smallest absolute Gasteiger partial charge is 0.354 e. The molecule has 1 aliphatic rings. The van der Waals surface area contributed by atoms with Crippen molar-refractivity contribution in [3.05, 3.63) is 76.5 Å². The van der Waals surface area contributed by atoms with E-state index in [9.17, 15) is 9.70 Å². The molecule has 0 bridgehead atoms. The molecular weight excluding hydrogens is 344 g/mol. The molecule has 0 radical (unpaired) electrons. The molecule has 4 aromatic rings. The van der Waals surface area contributed by atoms with Crippen LogP contribution in [0.3, 0.4) is 0 Å². The number of imidazole rings is 1. The van der Waals surface area contributed by atoms with Crippen LogP contribution in [-0.2, 0) is 0 Å². The van der Waals surface area contributed by atoms with Crippen molar-refractivity contribution >= 4 is 17.0 Å². The van der Waals surface area contributed by atoms with Crippen LogP contribution in [0.25, 0.3) is 33.5 Å². The van der Waals surface area contributed by atoms with E-state index in [4.69, 9.17) is 5.11 Å². The number of nitroso groups, excluding NO2 is 1. The number of hydrogen-bond donors (Lipinski definition) is 2. The van der Waals surface area contributed by atoms with Crippen LogP contribution in [0.1, 0.15) is 27.7 Å². The summed E-state index contributed by atoms with van der Waals surface area (Å²) in [4.78, 5) is 34.3. The molecule has 27 heavy (non-hydrogen) atoms. The molecule has 2 N–H and O–H groups in total. The van der Waals surface area contributed by atoms with Gasteiger partial charge in [-0.3, -0.25) is 0 Å². The Morgan fingerprint density at radius 1 is 1.07 bits per heavy atom. The lowest BCUT2D eigenvalue weighted by atomic mass is 9.99. The highest BCUT2D eigenvalue weighted by Crippen LogP contribution is 2.49. The Balaban J connectivity index is 1.75. The SMILES string of the molecule is O=NC1c2ccccc2-c2c(-c3nc4cc(C(=O)O)ncc4[nH]3)cccc21. The fourth-order valence-corrected chi connectivity index (χ4v) is 3.69. The summed E-state index contributed by atoms with van der Waals surface area (Å²) in [5.41, 5.74) is 5.53. The molecule has 2 aromatic heterocycles. The van der Waals surface area contributed by atoms with Crippen molar-refractivity contribution in [1.82, 2.24) is 15.0 Å². The largest absolute Gasteiger partial charge is 0.477 e. The molecule has 2 aromatic carbocycles. The zero-order chi connectivity index (χ0) is 18.5. The van der Waals surface area contributed by atoms with Crippen LogP contribution in [-0.4, -0.2) is 26.0 Å². The highest BCUT2D eigenvalue weighted by Gasteiger charge is 2.32. The van der Waals surface area contributed by atoms with Gasteiger partial charge in [0.25, 0.3) is 0 Å². The van der Waals surface area contributed by atoms with E-state index in [2.05, 4.69) is 20.1 Å². The molecule has 5 rings (SSSR count). The minimum atomic E-state index is -1.10. The standard InChI is InChI=1S/C20H12N4O3/c25-20(26)15-8-14-16(9-21-15)23-19(22-14)13-7-3-6-12-17(13)10-4-1-2-5-11(10)18(12)24-27/h1-9,18H,(H,22,23)(H,25,26). The molecule has 0 saturated carbocycles. The first-order valence-corrected chi connectivity index (χ1v) is 8.31. The van der Waals surface area contributed by atoms with Gasteiger partial charge in [0.1, 0.15) is 17.6 Å². The number of H-pyrrole nitrogens is 1. The normalized spacial score (nSPS) is 14.7. The maximum atomic E-state index is 11.5. The molecule has 0 saturated heterocycles. The van der Waals surface area contributed by atoms with Crippen molar-refractivity contribution in [2.45, 2.75) is 6.04 Å². The first kappa shape index (κ1) is 15.4. The van der Waals surface area contributed by atoms with Crippen molar-refractivity contribution < 1.29 is 9.90 Å². The minimum Gasteiger partial charge on any atom is -0.477 e. The van der Waals surface area contributed by atoms with Gasteiger partial charge >= 0.3 is 5.97 Å². The second-order valence-electron chi connectivity index (χ2n) is 6.34. The van der Waals surface area contributed by atoms with Crippen molar-refractivity contribution in [2.75, 3.05) is 0 Å². The van der Waals surface area contributed by atoms with Crippen LogP contribution in [0.5, 0.6) is 0 Å². The molecule has 0 spiro atoms. The lowest BCUT2D eigenvalue weighted by Crippen LogP contribution is -1.98. The van der Waals surface area contributed by atoms with E-state index in [1.807, 2.05) is 42.5 Å². The van der Waals surface area contributed by atoms with Gasteiger partial charge in [0, 0.05) is 5.56 Å². The van der Waals surface area contributed by atoms with Crippen LogP contribution < -0.4 is 0 Å². The number of nitrogens with zero attached hydrogens (tertiary/aromatic N) is 3. The molecule has 1 unspecified atom stereocenters. The number of carbonyl (C=O) groups is 1. The molecular formula is C20H12N4O3. The number of hydrogen-bond acceptors (Lipinski definition) is 5. The summed E-state index contributed by atoms with van der Waals surface area (Å²) in [7, 11) is 0. The molecule has 0 fully saturated rings. The van der Waals surface area contributed by atoms with Gasteiger partial charge in [0.05, 0.1) is 17.2 Å². The summed E-state index contributed by atoms with van der Waals surface area (Å²) in [6.07, 6.45) is 1.46. The van der Waals surface area contributed by atoms with Crippen LogP contribution >= 0.6 is 0 Å². The second kappa shape index (κ2) is 5.57. The van der Waals surface area contributed by atoms with Crippen LogP contribution in [0, 0.1) is 4.91 Å². The number of rotatable bonds is 3. The van der Waals surface area contributed by atoms with E-state index in [1.54, 1.807) is 0 Å². The fraction of sp³-hybridized carbons (Fsp3) is 0.0500. The number of benzene rings is 2. The van der Waals surface area contributed by atoms with E-state index < -0.39 is 12.0 Å². The average molecular weight is 356 g/mol. The molecule has 7 heteroatoms. The quantitative estimate of drug-likeness (QED) is 0.536. The topological polar surface area (TPSA) is 108 Å². The summed E-state index contributed by atoms with van der Waals surface area (Å²) >= 11 is 0. The van der Waals surface area contributed by atoms with Crippen LogP contribution in [0.15, 0.2) is 59.9 Å². The predicted octanol–water partition coefficient (Wildman–Crippen LogP) is 4.16. The first-order chi connectivity index (χ1) is 13.2. The van der Waals surface area contributed by atoms with Gasteiger partial charge in [-0.1, -0.05) is 47.6 Å². The number of nitrogens with one attached hydrogen (secondary N) is 1. The summed E-state index contributed by atoms with van der Waals surface area (Å²) in [6.45, 7) is 0. The van der Waals surface area contributed by atoms with Crippen molar-refractivity contribution in [1.29, 1.82) is 0 Å². The van der Waals surface area contributed by atoms with Crippen molar-refractivity contribution in [3.8, 4) is 22.5 Å². The van der Waals surface area contributed by atoms with E-state index in [-0.39, 0.29) is 5.69 Å². The molecule has 130 valence electrons. The number of pyridine rings is 1. The van der Waals surface area contributed by atoms with Gasteiger partial charge in [0.2, 0.25) is 0 Å². The Bertz CT molecular complexity index is 1250. The number of carboxylic acids is 1. The van der Waals surface area contributed by atoms with Gasteiger partial charge in [-0.15, -0.1) is 4.91 Å². The number of aromatic carboxylic acids is 1. The zero-order valence-electron chi connectivity index (χ0n) is 13.9.